The summed E-state index contributed by atoms with van der Waals surface area (Å²) < 4.78 is 7.29. The Morgan fingerprint density at radius 3 is 2.67 bits per heavy atom. The number of pyridine rings is 1. The number of furan rings is 1. The van der Waals surface area contributed by atoms with Crippen LogP contribution in [0.5, 0.6) is 0 Å². The summed E-state index contributed by atoms with van der Waals surface area (Å²) >= 11 is 0. The van der Waals surface area contributed by atoms with E-state index in [0.29, 0.717) is 23.7 Å². The molecule has 0 saturated carbocycles. The molecule has 0 bridgehead atoms. The molecule has 0 spiro atoms. The van der Waals surface area contributed by atoms with Gasteiger partial charge in [0.2, 0.25) is 0 Å². The lowest BCUT2D eigenvalue weighted by atomic mass is 9.98. The van der Waals surface area contributed by atoms with E-state index in [1.54, 1.807) is 17.1 Å². The largest absolute Gasteiger partial charge is 0.467 e. The van der Waals surface area contributed by atoms with E-state index in [-0.39, 0.29) is 5.91 Å². The molecule has 152 valence electrons. The molecular weight excluding hydrogens is 376 g/mol. The van der Waals surface area contributed by atoms with Gasteiger partial charge in [-0.3, -0.25) is 4.79 Å². The van der Waals surface area contributed by atoms with Gasteiger partial charge < -0.3 is 9.32 Å². The van der Waals surface area contributed by atoms with E-state index >= 15 is 0 Å². The van der Waals surface area contributed by atoms with Gasteiger partial charge in [-0.25, -0.2) is 9.67 Å². The Kier molecular flexibility index (Phi) is 4.83. The Morgan fingerprint density at radius 1 is 1.13 bits per heavy atom. The number of hydrogen-bond donors (Lipinski definition) is 0. The molecule has 30 heavy (non-hydrogen) atoms. The number of hydrogen-bond acceptors (Lipinski definition) is 4. The first-order valence-electron chi connectivity index (χ1n) is 10.4. The number of rotatable bonds is 4. The molecule has 3 aromatic heterocycles. The van der Waals surface area contributed by atoms with Crippen LogP contribution in [-0.4, -0.2) is 38.7 Å². The van der Waals surface area contributed by atoms with Gasteiger partial charge >= 0.3 is 0 Å². The van der Waals surface area contributed by atoms with Gasteiger partial charge in [0.25, 0.3) is 5.91 Å². The third-order valence-corrected chi connectivity index (χ3v) is 5.87. The molecule has 0 aliphatic carbocycles. The third kappa shape index (κ3) is 3.49. The van der Waals surface area contributed by atoms with Crippen molar-refractivity contribution >= 4 is 16.9 Å². The van der Waals surface area contributed by atoms with Gasteiger partial charge in [-0.1, -0.05) is 37.3 Å². The SMILES string of the molecule is CC1CCN(C(=O)c2cc(-c3ccccc3)nc3c2cnn3Cc2ccco2)CC1. The minimum absolute atomic E-state index is 0.0593. The standard InChI is InChI=1S/C24H24N4O2/c1-17-9-11-27(12-10-17)24(29)20-14-22(18-6-3-2-4-7-18)26-23-21(20)15-25-28(23)16-19-8-5-13-30-19/h2-8,13-15,17H,9-12,16H2,1H3. The Labute approximate surface area is 175 Å². The number of nitrogens with zero attached hydrogens (tertiary/aromatic N) is 4. The number of carbonyl (C=O) groups excluding carboxylic acids is 1. The zero-order valence-corrected chi connectivity index (χ0v) is 17.0. The minimum atomic E-state index is 0.0593. The second-order valence-corrected chi connectivity index (χ2v) is 8.01. The zero-order chi connectivity index (χ0) is 20.5. The van der Waals surface area contributed by atoms with E-state index in [9.17, 15) is 4.79 Å². The van der Waals surface area contributed by atoms with Gasteiger partial charge in [-0.15, -0.1) is 0 Å². The van der Waals surface area contributed by atoms with Crippen molar-refractivity contribution < 1.29 is 9.21 Å². The summed E-state index contributed by atoms with van der Waals surface area (Å²) in [6.07, 6.45) is 5.49. The number of carbonyl (C=O) groups is 1. The first kappa shape index (κ1) is 18.6. The van der Waals surface area contributed by atoms with E-state index in [1.165, 1.54) is 0 Å². The lowest BCUT2D eigenvalue weighted by molar-refractivity contribution is 0.0699. The van der Waals surface area contributed by atoms with Crippen LogP contribution in [0, 0.1) is 5.92 Å². The quantitative estimate of drug-likeness (QED) is 0.502. The molecule has 6 nitrogen and oxygen atoms in total. The summed E-state index contributed by atoms with van der Waals surface area (Å²) in [6, 6.07) is 15.6. The highest BCUT2D eigenvalue weighted by atomic mass is 16.3. The van der Waals surface area contributed by atoms with Gasteiger partial charge in [0.1, 0.15) is 12.3 Å². The summed E-state index contributed by atoms with van der Waals surface area (Å²) in [5, 5.41) is 5.31. The van der Waals surface area contributed by atoms with Crippen LogP contribution in [0.15, 0.2) is 65.4 Å². The summed E-state index contributed by atoms with van der Waals surface area (Å²) in [5.74, 6) is 1.52. The number of amides is 1. The molecule has 1 aliphatic rings. The van der Waals surface area contributed by atoms with Crippen molar-refractivity contribution in [3.05, 3.63) is 72.3 Å². The molecule has 1 amide bonds. The van der Waals surface area contributed by atoms with Crippen LogP contribution in [0.4, 0.5) is 0 Å². The summed E-state index contributed by atoms with van der Waals surface area (Å²) in [5.41, 5.74) is 3.12. The Morgan fingerprint density at radius 2 is 1.93 bits per heavy atom. The second kappa shape index (κ2) is 7.78. The van der Waals surface area contributed by atoms with Crippen molar-refractivity contribution in [2.75, 3.05) is 13.1 Å². The van der Waals surface area contributed by atoms with Crippen LogP contribution in [-0.2, 0) is 6.54 Å². The Hall–Kier alpha value is -3.41. The molecule has 6 heteroatoms. The predicted octanol–water partition coefficient (Wildman–Crippen LogP) is 4.61. The monoisotopic (exact) mass is 400 g/mol. The van der Waals surface area contributed by atoms with Crippen molar-refractivity contribution in [3.63, 3.8) is 0 Å². The number of piperidine rings is 1. The summed E-state index contributed by atoms with van der Waals surface area (Å²) in [6.45, 7) is 4.31. The first-order valence-corrected chi connectivity index (χ1v) is 10.4. The van der Waals surface area contributed by atoms with Crippen molar-refractivity contribution in [1.29, 1.82) is 0 Å². The highest BCUT2D eigenvalue weighted by Gasteiger charge is 2.25. The van der Waals surface area contributed by atoms with E-state index in [4.69, 9.17) is 9.40 Å². The first-order chi connectivity index (χ1) is 14.7. The maximum atomic E-state index is 13.5. The van der Waals surface area contributed by atoms with E-state index < -0.39 is 0 Å². The van der Waals surface area contributed by atoms with Gasteiger partial charge in [-0.2, -0.15) is 5.10 Å². The number of benzene rings is 1. The van der Waals surface area contributed by atoms with Crippen molar-refractivity contribution in [2.45, 2.75) is 26.3 Å². The highest BCUT2D eigenvalue weighted by Crippen LogP contribution is 2.27. The van der Waals surface area contributed by atoms with Crippen LogP contribution in [0.1, 0.15) is 35.9 Å². The van der Waals surface area contributed by atoms with Crippen LogP contribution in [0.25, 0.3) is 22.3 Å². The Balaban J connectivity index is 1.61. The fourth-order valence-electron chi connectivity index (χ4n) is 4.03. The normalized spacial score (nSPS) is 15.0. The fourth-order valence-corrected chi connectivity index (χ4v) is 4.03. The molecule has 1 aromatic carbocycles. The van der Waals surface area contributed by atoms with Crippen molar-refractivity contribution in [2.24, 2.45) is 5.92 Å². The lowest BCUT2D eigenvalue weighted by Gasteiger charge is -2.30. The topological polar surface area (TPSA) is 64.2 Å². The molecular formula is C24H24N4O2. The number of likely N-dealkylation sites (tertiary alicyclic amines) is 1. The van der Waals surface area contributed by atoms with Gasteiger partial charge in [0, 0.05) is 18.7 Å². The van der Waals surface area contributed by atoms with Crippen LogP contribution < -0.4 is 0 Å². The number of fused-ring (bicyclic) bond motifs is 1. The van der Waals surface area contributed by atoms with Crippen LogP contribution >= 0.6 is 0 Å². The molecule has 4 heterocycles. The molecule has 1 fully saturated rings. The predicted molar refractivity (Wildman–Crippen MR) is 115 cm³/mol. The van der Waals surface area contributed by atoms with Gasteiger partial charge in [-0.05, 0) is 37.0 Å². The number of aromatic nitrogens is 3. The maximum Gasteiger partial charge on any atom is 0.254 e. The Bertz CT molecular complexity index is 1160. The zero-order valence-electron chi connectivity index (χ0n) is 17.0. The molecule has 1 saturated heterocycles. The maximum absolute atomic E-state index is 13.5. The average Bonchev–Trinajstić information content (AvgIpc) is 3.44. The van der Waals surface area contributed by atoms with E-state index in [2.05, 4.69) is 12.0 Å². The minimum Gasteiger partial charge on any atom is -0.467 e. The van der Waals surface area contributed by atoms with Crippen molar-refractivity contribution in [3.8, 4) is 11.3 Å². The molecule has 5 rings (SSSR count). The summed E-state index contributed by atoms with van der Waals surface area (Å²) in [4.78, 5) is 20.3. The van der Waals surface area contributed by atoms with Gasteiger partial charge in [0.15, 0.2) is 5.65 Å². The molecule has 0 atom stereocenters. The summed E-state index contributed by atoms with van der Waals surface area (Å²) in [7, 11) is 0. The van der Waals surface area contributed by atoms with Gasteiger partial charge in [0.05, 0.1) is 29.1 Å². The molecule has 1 aliphatic heterocycles. The van der Waals surface area contributed by atoms with Crippen molar-refractivity contribution in [1.82, 2.24) is 19.7 Å². The highest BCUT2D eigenvalue weighted by molar-refractivity contribution is 6.06. The smallest absolute Gasteiger partial charge is 0.254 e. The van der Waals surface area contributed by atoms with Crippen LogP contribution in [0.3, 0.4) is 0 Å². The molecule has 0 radical (unpaired) electrons. The van der Waals surface area contributed by atoms with E-state index in [1.807, 2.05) is 53.4 Å². The lowest BCUT2D eigenvalue weighted by Crippen LogP contribution is -2.38. The molecule has 0 unspecified atom stereocenters. The fraction of sp³-hybridized carbons (Fsp3) is 0.292. The third-order valence-electron chi connectivity index (χ3n) is 5.87. The molecule has 4 aromatic rings. The molecule has 0 N–H and O–H groups in total. The second-order valence-electron chi connectivity index (χ2n) is 8.01. The average molecular weight is 400 g/mol. The van der Waals surface area contributed by atoms with Crippen LogP contribution in [0.2, 0.25) is 0 Å². The van der Waals surface area contributed by atoms with E-state index in [0.717, 1.165) is 48.3 Å².